The first-order valence-corrected chi connectivity index (χ1v) is 4.20. The van der Waals surface area contributed by atoms with Gasteiger partial charge in [-0.05, 0) is 0 Å². The van der Waals surface area contributed by atoms with E-state index in [0.717, 1.165) is 5.71 Å². The highest BCUT2D eigenvalue weighted by molar-refractivity contribution is 5.80. The predicted molar refractivity (Wildman–Crippen MR) is 58.3 cm³/mol. The highest BCUT2D eigenvalue weighted by Crippen LogP contribution is 1.81. The Morgan fingerprint density at radius 1 is 1.33 bits per heavy atom. The van der Waals surface area contributed by atoms with E-state index in [2.05, 4.69) is 15.6 Å². The molecule has 0 aliphatic heterocycles. The number of hydrogen-bond donors (Lipinski definition) is 0. The second-order valence-electron chi connectivity index (χ2n) is 2.78. The Labute approximate surface area is 75.9 Å². The van der Waals surface area contributed by atoms with Crippen LogP contribution in [0.2, 0.25) is 0 Å². The molecular formula is C10H20N2+2. The van der Waals surface area contributed by atoms with Gasteiger partial charge in [-0.25, -0.2) is 0 Å². The highest BCUT2D eigenvalue weighted by atomic mass is 14.7. The van der Waals surface area contributed by atoms with Crippen molar-refractivity contribution in [1.29, 1.82) is 0 Å². The van der Waals surface area contributed by atoms with E-state index < -0.39 is 0 Å². The molecule has 0 unspecified atom stereocenters. The van der Waals surface area contributed by atoms with E-state index in [1.807, 2.05) is 34.6 Å². The van der Waals surface area contributed by atoms with Crippen LogP contribution in [-0.4, -0.2) is 18.0 Å². The first kappa shape index (κ1) is 13.5. The summed E-state index contributed by atoms with van der Waals surface area (Å²) in [4.78, 5) is 3.88. The summed E-state index contributed by atoms with van der Waals surface area (Å²) in [7, 11) is 0. The van der Waals surface area contributed by atoms with Gasteiger partial charge in [-0.3, -0.25) is 0 Å². The SMILES string of the molecule is CC#[N+]C(C)C.CC=[N+]=C(C)C. The zero-order valence-corrected chi connectivity index (χ0v) is 9.05. The third kappa shape index (κ3) is 23.1. The van der Waals surface area contributed by atoms with Crippen LogP contribution in [0, 0.1) is 6.07 Å². The molecule has 0 spiro atoms. The average Bonchev–Trinajstić information content (AvgIpc) is 1.87. The van der Waals surface area contributed by atoms with Crippen molar-refractivity contribution in [2.24, 2.45) is 0 Å². The van der Waals surface area contributed by atoms with Crippen molar-refractivity contribution in [2.75, 3.05) is 0 Å². The van der Waals surface area contributed by atoms with Gasteiger partial charge in [0.2, 0.25) is 0 Å². The maximum Gasteiger partial charge on any atom is 0.274 e. The smallest absolute Gasteiger partial charge is 0.108 e. The standard InChI is InChI=1S/2C5H10N/c2*1-4-6-5(2)3/h5H,1-3H3;4H,1-3H3/q2*+1. The molecule has 0 bridgehead atoms. The van der Waals surface area contributed by atoms with E-state index in [4.69, 9.17) is 0 Å². The summed E-state index contributed by atoms with van der Waals surface area (Å²) in [6.07, 6.45) is 1.79. The minimum atomic E-state index is 0.412. The zero-order chi connectivity index (χ0) is 9.98. The molecule has 0 saturated carbocycles. The molecule has 0 aliphatic carbocycles. The average molecular weight is 168 g/mol. The molecule has 0 saturated heterocycles. The van der Waals surface area contributed by atoms with Gasteiger partial charge in [-0.1, -0.05) is 4.85 Å². The van der Waals surface area contributed by atoms with Gasteiger partial charge in [0.05, 0.1) is 6.92 Å². The van der Waals surface area contributed by atoms with Gasteiger partial charge in [-0.2, -0.15) is 0 Å². The molecular weight excluding hydrogens is 148 g/mol. The van der Waals surface area contributed by atoms with E-state index in [1.165, 1.54) is 0 Å². The number of rotatable bonds is 0. The molecule has 0 amide bonds. The molecule has 0 atom stereocenters. The van der Waals surface area contributed by atoms with Crippen molar-refractivity contribution in [3.8, 4) is 6.07 Å². The Morgan fingerprint density at radius 2 is 1.83 bits per heavy atom. The minimum Gasteiger partial charge on any atom is -0.108 e. The van der Waals surface area contributed by atoms with E-state index in [0.29, 0.717) is 6.04 Å². The van der Waals surface area contributed by atoms with Crippen LogP contribution in [0.3, 0.4) is 0 Å². The maximum absolute atomic E-state index is 3.92. The zero-order valence-electron chi connectivity index (χ0n) is 9.05. The van der Waals surface area contributed by atoms with Crippen LogP contribution < -0.4 is 4.67 Å². The van der Waals surface area contributed by atoms with Crippen LogP contribution in [0.5, 0.6) is 0 Å². The molecule has 2 nitrogen and oxygen atoms in total. The van der Waals surface area contributed by atoms with Crippen molar-refractivity contribution >= 4 is 11.9 Å². The summed E-state index contributed by atoms with van der Waals surface area (Å²) in [6, 6.07) is 3.10. The molecule has 0 fully saturated rings. The Bertz CT molecular complexity index is 206. The van der Waals surface area contributed by atoms with Gasteiger partial charge < -0.3 is 0 Å². The van der Waals surface area contributed by atoms with E-state index in [1.54, 1.807) is 13.1 Å². The second kappa shape index (κ2) is 9.94. The second-order valence-corrected chi connectivity index (χ2v) is 2.78. The third-order valence-electron chi connectivity index (χ3n) is 0.775. The minimum absolute atomic E-state index is 0.412. The summed E-state index contributed by atoms with van der Waals surface area (Å²) in [5.41, 5.74) is 1.11. The molecule has 2 heteroatoms. The number of nitrogens with zero attached hydrogens (tertiary/aromatic N) is 2. The quantitative estimate of drug-likeness (QED) is 0.390. The molecule has 0 radical (unpaired) electrons. The molecule has 0 aliphatic rings. The molecule has 0 rings (SSSR count). The lowest BCUT2D eigenvalue weighted by atomic mass is 10.4. The maximum atomic E-state index is 3.92. The molecule has 0 aromatic heterocycles. The van der Waals surface area contributed by atoms with Crippen LogP contribution in [0.4, 0.5) is 0 Å². The predicted octanol–water partition coefficient (Wildman–Crippen LogP) is 2.37. The molecule has 0 heterocycles. The van der Waals surface area contributed by atoms with Gasteiger partial charge in [0.15, 0.2) is 0 Å². The van der Waals surface area contributed by atoms with Gasteiger partial charge in [0.1, 0.15) is 0 Å². The Kier molecular flexibility index (Phi) is 11.2. The summed E-state index contributed by atoms with van der Waals surface area (Å²) >= 11 is 0. The van der Waals surface area contributed by atoms with Gasteiger partial charge in [0, 0.05) is 34.6 Å². The fourth-order valence-corrected chi connectivity index (χ4v) is 0.516. The summed E-state index contributed by atoms with van der Waals surface area (Å²) in [6.45, 7) is 11.7. The fraction of sp³-hybridized carbons (Fsp3) is 0.700. The summed E-state index contributed by atoms with van der Waals surface area (Å²) in [5, 5.41) is 0. The Balaban J connectivity index is 0. The van der Waals surface area contributed by atoms with Crippen molar-refractivity contribution in [3.05, 3.63) is 4.85 Å². The molecule has 0 aromatic rings. The molecule has 0 aromatic carbocycles. The third-order valence-corrected chi connectivity index (χ3v) is 0.775. The lowest BCUT2D eigenvalue weighted by Crippen LogP contribution is -1.84. The van der Waals surface area contributed by atoms with Crippen LogP contribution in [0.1, 0.15) is 41.5 Å². The van der Waals surface area contributed by atoms with Gasteiger partial charge in [-0.15, -0.1) is 4.67 Å². The van der Waals surface area contributed by atoms with Crippen molar-refractivity contribution in [1.82, 2.24) is 4.67 Å². The molecule has 12 heavy (non-hydrogen) atoms. The highest BCUT2D eigenvalue weighted by Gasteiger charge is 1.91. The fourth-order valence-electron chi connectivity index (χ4n) is 0.516. The van der Waals surface area contributed by atoms with Gasteiger partial charge in [0.25, 0.3) is 24.0 Å². The lowest BCUT2D eigenvalue weighted by molar-refractivity contribution is 0.976. The van der Waals surface area contributed by atoms with Crippen molar-refractivity contribution in [3.63, 3.8) is 0 Å². The first-order chi connectivity index (χ1) is 5.54. The van der Waals surface area contributed by atoms with E-state index in [9.17, 15) is 0 Å². The number of hydrogen-bond acceptors (Lipinski definition) is 0. The van der Waals surface area contributed by atoms with Crippen molar-refractivity contribution in [2.45, 2.75) is 47.6 Å². The van der Waals surface area contributed by atoms with E-state index >= 15 is 0 Å². The van der Waals surface area contributed by atoms with Crippen molar-refractivity contribution < 1.29 is 0 Å². The monoisotopic (exact) mass is 168 g/mol. The lowest BCUT2D eigenvalue weighted by Gasteiger charge is -1.67. The molecule has 0 N–H and O–H groups in total. The topological polar surface area (TPSA) is 18.5 Å². The van der Waals surface area contributed by atoms with Crippen LogP contribution in [-0.2, 0) is 0 Å². The van der Waals surface area contributed by atoms with Gasteiger partial charge >= 0.3 is 0 Å². The van der Waals surface area contributed by atoms with Crippen LogP contribution in [0.25, 0.3) is 4.85 Å². The van der Waals surface area contributed by atoms with E-state index in [-0.39, 0.29) is 0 Å². The molecule has 68 valence electrons. The van der Waals surface area contributed by atoms with Crippen LogP contribution in [0.15, 0.2) is 0 Å². The Hall–Kier alpha value is -1.06. The summed E-state index contributed by atoms with van der Waals surface area (Å²) < 4.78 is 3.92. The van der Waals surface area contributed by atoms with Crippen LogP contribution >= 0.6 is 0 Å². The summed E-state index contributed by atoms with van der Waals surface area (Å²) in [5.74, 6) is 0. The largest absolute Gasteiger partial charge is 0.274 e. The normalized spacial score (nSPS) is 6.92. The Morgan fingerprint density at radius 3 is 1.83 bits per heavy atom. The first-order valence-electron chi connectivity index (χ1n) is 4.20.